The van der Waals surface area contributed by atoms with E-state index in [1.807, 2.05) is 22.8 Å². The number of benzene rings is 1. The first kappa shape index (κ1) is 13.0. The second-order valence-corrected chi connectivity index (χ2v) is 6.38. The number of fused-ring (bicyclic) bond motifs is 1. The number of H-pyrrole nitrogens is 1. The third-order valence-corrected chi connectivity index (χ3v) is 4.50. The Balaban J connectivity index is 2.32. The predicted molar refractivity (Wildman–Crippen MR) is 86.4 cm³/mol. The van der Waals surface area contributed by atoms with Crippen LogP contribution in [0.2, 0.25) is 0 Å². The molecular weight excluding hydrogens is 390 g/mol. The van der Waals surface area contributed by atoms with Gasteiger partial charge in [0.25, 0.3) is 0 Å². The van der Waals surface area contributed by atoms with Crippen LogP contribution in [0.4, 0.5) is 0 Å². The average molecular weight is 399 g/mol. The van der Waals surface area contributed by atoms with E-state index < -0.39 is 0 Å². The SMILES string of the molecule is Cc1cc(-n2c(=S)[nH]c3cc(Br)cnc32)ccc1Br. The smallest absolute Gasteiger partial charge is 0.183 e. The molecule has 19 heavy (non-hydrogen) atoms. The van der Waals surface area contributed by atoms with Crippen LogP contribution < -0.4 is 0 Å². The van der Waals surface area contributed by atoms with Crippen LogP contribution in [0.3, 0.4) is 0 Å². The van der Waals surface area contributed by atoms with Gasteiger partial charge in [-0.2, -0.15) is 0 Å². The first-order chi connectivity index (χ1) is 9.06. The fourth-order valence-corrected chi connectivity index (χ4v) is 2.86. The van der Waals surface area contributed by atoms with Crippen molar-refractivity contribution in [1.29, 1.82) is 0 Å². The molecule has 0 aliphatic heterocycles. The molecule has 0 saturated carbocycles. The lowest BCUT2D eigenvalue weighted by Crippen LogP contribution is -1.96. The van der Waals surface area contributed by atoms with E-state index in [1.54, 1.807) is 6.20 Å². The van der Waals surface area contributed by atoms with Crippen molar-refractivity contribution < 1.29 is 0 Å². The minimum Gasteiger partial charge on any atom is -0.329 e. The van der Waals surface area contributed by atoms with Crippen molar-refractivity contribution in [3.05, 3.63) is 49.7 Å². The Kier molecular flexibility index (Phi) is 3.32. The molecule has 0 fully saturated rings. The van der Waals surface area contributed by atoms with Crippen LogP contribution in [0.5, 0.6) is 0 Å². The van der Waals surface area contributed by atoms with Gasteiger partial charge in [0.1, 0.15) is 0 Å². The highest BCUT2D eigenvalue weighted by Crippen LogP contribution is 2.24. The number of imidazole rings is 1. The summed E-state index contributed by atoms with van der Waals surface area (Å²) >= 11 is 12.3. The van der Waals surface area contributed by atoms with Gasteiger partial charge < -0.3 is 4.98 Å². The maximum atomic E-state index is 5.39. The van der Waals surface area contributed by atoms with Gasteiger partial charge >= 0.3 is 0 Å². The molecule has 0 aliphatic rings. The van der Waals surface area contributed by atoms with Gasteiger partial charge in [-0.05, 0) is 64.9 Å². The van der Waals surface area contributed by atoms with Crippen LogP contribution in [0, 0.1) is 11.7 Å². The zero-order valence-electron chi connectivity index (χ0n) is 9.95. The van der Waals surface area contributed by atoms with E-state index in [-0.39, 0.29) is 0 Å². The quantitative estimate of drug-likeness (QED) is 0.590. The van der Waals surface area contributed by atoms with Crippen molar-refractivity contribution in [2.45, 2.75) is 6.92 Å². The van der Waals surface area contributed by atoms with Crippen molar-refractivity contribution in [1.82, 2.24) is 14.5 Å². The summed E-state index contributed by atoms with van der Waals surface area (Å²) in [5, 5.41) is 0. The third-order valence-electron chi connectivity index (χ3n) is 2.89. The van der Waals surface area contributed by atoms with Crippen LogP contribution in [-0.4, -0.2) is 14.5 Å². The Labute approximate surface area is 131 Å². The lowest BCUT2D eigenvalue weighted by atomic mass is 10.2. The molecular formula is C13H9Br2N3S. The highest BCUT2D eigenvalue weighted by molar-refractivity contribution is 9.10. The molecule has 1 aromatic carbocycles. The number of hydrogen-bond donors (Lipinski definition) is 1. The van der Waals surface area contributed by atoms with Crippen LogP contribution in [0.15, 0.2) is 39.4 Å². The summed E-state index contributed by atoms with van der Waals surface area (Å²) in [7, 11) is 0. The molecule has 1 N–H and O–H groups in total. The predicted octanol–water partition coefficient (Wildman–Crippen LogP) is 4.92. The molecule has 0 unspecified atom stereocenters. The summed E-state index contributed by atoms with van der Waals surface area (Å²) in [5.74, 6) is 0. The molecule has 0 amide bonds. The number of rotatable bonds is 1. The highest BCUT2D eigenvalue weighted by atomic mass is 79.9. The zero-order chi connectivity index (χ0) is 13.6. The molecule has 3 nitrogen and oxygen atoms in total. The third kappa shape index (κ3) is 2.28. The average Bonchev–Trinajstić information content (AvgIpc) is 2.68. The van der Waals surface area contributed by atoms with Crippen molar-refractivity contribution >= 4 is 55.2 Å². The van der Waals surface area contributed by atoms with Crippen molar-refractivity contribution in [3.63, 3.8) is 0 Å². The summed E-state index contributed by atoms with van der Waals surface area (Å²) < 4.78 is 4.59. The van der Waals surface area contributed by atoms with E-state index in [1.165, 1.54) is 0 Å². The van der Waals surface area contributed by atoms with E-state index in [0.29, 0.717) is 4.77 Å². The second-order valence-electron chi connectivity index (χ2n) is 4.22. The standard InChI is InChI=1S/C13H9Br2N3S/c1-7-4-9(2-3-10(7)15)18-12-11(17-13(18)19)5-8(14)6-16-12/h2-6H,1H3,(H,17,19). The number of nitrogens with one attached hydrogen (secondary N) is 1. The first-order valence-electron chi connectivity index (χ1n) is 5.59. The molecule has 0 saturated heterocycles. The van der Waals surface area contributed by atoms with Gasteiger partial charge in [0.15, 0.2) is 10.4 Å². The number of pyridine rings is 1. The van der Waals surface area contributed by atoms with Crippen molar-refractivity contribution in [2.75, 3.05) is 0 Å². The van der Waals surface area contributed by atoms with Gasteiger partial charge in [-0.3, -0.25) is 4.57 Å². The number of hydrogen-bond acceptors (Lipinski definition) is 2. The number of aromatic amines is 1. The normalized spacial score (nSPS) is 11.1. The number of aromatic nitrogens is 3. The summed E-state index contributed by atoms with van der Waals surface area (Å²) in [4.78, 5) is 7.61. The van der Waals surface area contributed by atoms with Gasteiger partial charge in [0.05, 0.1) is 11.2 Å². The molecule has 96 valence electrons. The summed E-state index contributed by atoms with van der Waals surface area (Å²) in [6.07, 6.45) is 1.77. The van der Waals surface area contributed by atoms with Crippen molar-refractivity contribution in [2.24, 2.45) is 0 Å². The van der Waals surface area contributed by atoms with Gasteiger partial charge in [-0.15, -0.1) is 0 Å². The lowest BCUT2D eigenvalue weighted by Gasteiger charge is -2.06. The topological polar surface area (TPSA) is 33.6 Å². The lowest BCUT2D eigenvalue weighted by molar-refractivity contribution is 1.04. The van der Waals surface area contributed by atoms with E-state index in [0.717, 1.165) is 31.4 Å². The molecule has 6 heteroatoms. The maximum absolute atomic E-state index is 5.39. The van der Waals surface area contributed by atoms with E-state index in [9.17, 15) is 0 Å². The Morgan fingerprint density at radius 3 is 2.79 bits per heavy atom. The molecule has 0 spiro atoms. The van der Waals surface area contributed by atoms with E-state index in [2.05, 4.69) is 54.8 Å². The molecule has 2 heterocycles. The number of nitrogens with zero attached hydrogens (tertiary/aromatic N) is 2. The van der Waals surface area contributed by atoms with Gasteiger partial charge in [0.2, 0.25) is 0 Å². The molecule has 0 bridgehead atoms. The monoisotopic (exact) mass is 397 g/mol. The second kappa shape index (κ2) is 4.85. The Morgan fingerprint density at radius 1 is 1.26 bits per heavy atom. The molecule has 0 aliphatic carbocycles. The summed E-state index contributed by atoms with van der Waals surface area (Å²) in [6.45, 7) is 2.05. The number of aryl methyl sites for hydroxylation is 1. The Bertz CT molecular complexity index is 836. The highest BCUT2D eigenvalue weighted by Gasteiger charge is 2.09. The molecule has 3 rings (SSSR count). The molecule has 2 aromatic heterocycles. The molecule has 0 atom stereocenters. The summed E-state index contributed by atoms with van der Waals surface area (Å²) in [5.41, 5.74) is 3.91. The van der Waals surface area contributed by atoms with Crippen LogP contribution in [-0.2, 0) is 0 Å². The number of halogens is 2. The first-order valence-corrected chi connectivity index (χ1v) is 7.58. The largest absolute Gasteiger partial charge is 0.329 e. The minimum atomic E-state index is 0.641. The zero-order valence-corrected chi connectivity index (χ0v) is 13.9. The Morgan fingerprint density at radius 2 is 2.05 bits per heavy atom. The van der Waals surface area contributed by atoms with Crippen LogP contribution in [0.1, 0.15) is 5.56 Å². The molecule has 0 radical (unpaired) electrons. The van der Waals surface area contributed by atoms with Crippen LogP contribution in [0.25, 0.3) is 16.9 Å². The van der Waals surface area contributed by atoms with Crippen molar-refractivity contribution in [3.8, 4) is 5.69 Å². The van der Waals surface area contributed by atoms with Crippen LogP contribution >= 0.6 is 44.1 Å². The fraction of sp³-hybridized carbons (Fsp3) is 0.0769. The minimum absolute atomic E-state index is 0.641. The van der Waals surface area contributed by atoms with Gasteiger partial charge in [-0.1, -0.05) is 15.9 Å². The summed E-state index contributed by atoms with van der Waals surface area (Å²) in [6, 6.07) is 8.09. The van der Waals surface area contributed by atoms with E-state index in [4.69, 9.17) is 12.2 Å². The van der Waals surface area contributed by atoms with Gasteiger partial charge in [0, 0.05) is 15.1 Å². The van der Waals surface area contributed by atoms with E-state index >= 15 is 0 Å². The molecule has 3 aromatic rings. The fourth-order valence-electron chi connectivity index (χ4n) is 1.98. The maximum Gasteiger partial charge on any atom is 0.183 e. The Hall–Kier alpha value is -0.980. The van der Waals surface area contributed by atoms with Gasteiger partial charge in [-0.25, -0.2) is 4.98 Å².